The molecule has 79 heavy (non-hydrogen) atoms. The number of carbonyl (C=O) groups is 6. The van der Waals surface area contributed by atoms with Crippen molar-refractivity contribution in [3.63, 3.8) is 0 Å². The van der Waals surface area contributed by atoms with E-state index in [1.165, 1.54) is 13.8 Å². The number of ether oxygens (including phenoxy) is 6. The molecule has 0 aromatic rings. The molecule has 2 unspecified atom stereocenters. The van der Waals surface area contributed by atoms with Gasteiger partial charge in [0.2, 0.25) is 0 Å². The van der Waals surface area contributed by atoms with Crippen molar-refractivity contribution in [2.75, 3.05) is 0 Å². The quantitative estimate of drug-likeness (QED) is 0.0197. The molecule has 1 N–H and O–H groups in total. The van der Waals surface area contributed by atoms with Crippen LogP contribution in [-0.4, -0.2) is 70.9 Å². The molecule has 0 aliphatic heterocycles. The van der Waals surface area contributed by atoms with Crippen molar-refractivity contribution in [2.45, 2.75) is 361 Å². The molecular weight excluding hydrogens is 1030 g/mol. The molecule has 1 saturated carbocycles. The van der Waals surface area contributed by atoms with Crippen LogP contribution in [0.3, 0.4) is 0 Å². The van der Waals surface area contributed by atoms with Gasteiger partial charge in [0, 0.05) is 44.9 Å². The van der Waals surface area contributed by atoms with Crippen LogP contribution in [0.4, 0.5) is 0 Å². The Morgan fingerprint density at radius 3 is 0.759 bits per heavy atom. The summed E-state index contributed by atoms with van der Waals surface area (Å²) in [7, 11) is -6.03. The fourth-order valence-electron chi connectivity index (χ4n) is 11.1. The lowest BCUT2D eigenvalue weighted by Gasteiger charge is -2.64. The van der Waals surface area contributed by atoms with Crippen LogP contribution in [0.15, 0.2) is 0 Å². The third-order valence-corrected chi connectivity index (χ3v) is 17.1. The Morgan fingerprint density at radius 1 is 0.316 bits per heavy atom. The molecule has 0 amide bonds. The molecule has 1 aliphatic carbocycles. The van der Waals surface area contributed by atoms with Crippen LogP contribution in [0.1, 0.15) is 338 Å². The lowest BCUT2D eigenvalue weighted by Crippen LogP contribution is -2.88. The predicted octanol–water partition coefficient (Wildman–Crippen LogP) is 16.9. The maximum Gasteiger partial charge on any atom is 0.361 e. The maximum atomic E-state index is 15.0. The third kappa shape index (κ3) is 25.0. The fraction of sp³-hybridized carbons (Fsp3) is 0.905. The van der Waals surface area contributed by atoms with Crippen molar-refractivity contribution >= 4 is 45.9 Å². The van der Waals surface area contributed by atoms with E-state index in [4.69, 9.17) is 28.4 Å². The van der Waals surface area contributed by atoms with Crippen molar-refractivity contribution in [1.29, 1.82) is 0 Å². The number of unbranched alkanes of at least 4 members (excludes halogenated alkanes) is 30. The lowest BCUT2D eigenvalue weighted by atomic mass is 9.59. The Bertz CT molecular complexity index is 1770. The van der Waals surface area contributed by atoms with E-state index in [0.29, 0.717) is 51.4 Å². The van der Waals surface area contributed by atoms with Crippen molar-refractivity contribution < 1.29 is 70.2 Å². The molecular formula is C63H114O15S. The molecule has 16 heteroatoms. The van der Waals surface area contributed by atoms with Crippen LogP contribution >= 0.6 is 0 Å². The second-order valence-corrected chi connectivity index (χ2v) is 25.1. The highest BCUT2D eigenvalue weighted by Crippen LogP contribution is 2.65. The van der Waals surface area contributed by atoms with Crippen LogP contribution in [-0.2, 0) is 67.3 Å². The van der Waals surface area contributed by atoms with Gasteiger partial charge in [-0.15, -0.1) is 0 Å². The second kappa shape index (κ2) is 40.8. The lowest BCUT2D eigenvalue weighted by molar-refractivity contribution is -0.447. The van der Waals surface area contributed by atoms with Gasteiger partial charge in [-0.05, 0) is 45.4 Å². The highest BCUT2D eigenvalue weighted by Gasteiger charge is 2.92. The van der Waals surface area contributed by atoms with E-state index in [1.807, 2.05) is 0 Å². The van der Waals surface area contributed by atoms with Crippen molar-refractivity contribution in [1.82, 2.24) is 0 Å². The van der Waals surface area contributed by atoms with Gasteiger partial charge in [-0.1, -0.05) is 248 Å². The van der Waals surface area contributed by atoms with Crippen LogP contribution in [0, 0.1) is 5.41 Å². The standard InChI is InChI=1S/C63H114O15S/c1-10-16-22-28-34-40-46-53(64)73-60(9)62(75-55(66)48-42-36-30-24-18-12-3,76-56(67)49-43-37-31-25-19-13-4)59(7,8)52-61(79(70,71)72,74-54(65)47-41-35-29-23-17-11-2)63(60,77-57(68)50-44-38-32-26-20-14-5)78-58(69)51-45-39-33-27-21-15-6/h10-52H2,1-9H3,(H,70,71,72). The average molecular weight is 1140 g/mol. The first-order valence-electron chi connectivity index (χ1n) is 32.0. The minimum atomic E-state index is -6.03. The molecule has 0 heterocycles. The van der Waals surface area contributed by atoms with E-state index in [2.05, 4.69) is 41.5 Å². The zero-order chi connectivity index (χ0) is 59.1. The van der Waals surface area contributed by atoms with E-state index in [9.17, 15) is 33.3 Å². The Kier molecular flexibility index (Phi) is 38.1. The van der Waals surface area contributed by atoms with E-state index in [1.54, 1.807) is 0 Å². The molecule has 1 rings (SSSR count). The fourth-order valence-corrected chi connectivity index (χ4v) is 12.5. The molecule has 0 bridgehead atoms. The monoisotopic (exact) mass is 1140 g/mol. The van der Waals surface area contributed by atoms with Gasteiger partial charge in [0.05, 0.1) is 5.41 Å². The van der Waals surface area contributed by atoms with Gasteiger partial charge in [0.25, 0.3) is 5.60 Å². The van der Waals surface area contributed by atoms with E-state index in [-0.39, 0.29) is 64.2 Å². The first-order chi connectivity index (χ1) is 37.7. The molecule has 0 radical (unpaired) electrons. The van der Waals surface area contributed by atoms with Gasteiger partial charge in [-0.25, -0.2) is 0 Å². The summed E-state index contributed by atoms with van der Waals surface area (Å²) in [6, 6.07) is 0. The van der Waals surface area contributed by atoms with Crippen molar-refractivity contribution in [3.05, 3.63) is 0 Å². The largest absolute Gasteiger partial charge is 0.442 e. The number of rotatable bonds is 49. The van der Waals surface area contributed by atoms with Crippen molar-refractivity contribution in [2.24, 2.45) is 5.41 Å². The molecule has 2 atom stereocenters. The molecule has 0 saturated heterocycles. The molecule has 0 aromatic carbocycles. The van der Waals surface area contributed by atoms with Crippen LogP contribution in [0.25, 0.3) is 0 Å². The Labute approximate surface area is 480 Å². The van der Waals surface area contributed by atoms with Crippen LogP contribution in [0.5, 0.6) is 0 Å². The molecule has 0 spiro atoms. The van der Waals surface area contributed by atoms with Gasteiger partial charge in [0.1, 0.15) is 0 Å². The van der Waals surface area contributed by atoms with Gasteiger partial charge < -0.3 is 28.4 Å². The van der Waals surface area contributed by atoms with Gasteiger partial charge in [0.15, 0.2) is 0 Å². The molecule has 15 nitrogen and oxygen atoms in total. The summed E-state index contributed by atoms with van der Waals surface area (Å²) in [5.41, 5.74) is -5.36. The summed E-state index contributed by atoms with van der Waals surface area (Å²) >= 11 is 0. The number of hydrogen-bond acceptors (Lipinski definition) is 14. The predicted molar refractivity (Wildman–Crippen MR) is 311 cm³/mol. The van der Waals surface area contributed by atoms with Crippen LogP contribution < -0.4 is 0 Å². The Morgan fingerprint density at radius 2 is 0.519 bits per heavy atom. The highest BCUT2D eigenvalue weighted by molar-refractivity contribution is 7.87. The first kappa shape index (κ1) is 73.7. The highest BCUT2D eigenvalue weighted by atomic mass is 32.2. The molecule has 1 fully saturated rings. The molecule has 1 aliphatic rings. The zero-order valence-corrected chi connectivity index (χ0v) is 52.3. The minimum absolute atomic E-state index is 0.222. The Balaban J connectivity index is 4.69. The minimum Gasteiger partial charge on any atom is -0.442 e. The van der Waals surface area contributed by atoms with Crippen LogP contribution in [0.2, 0.25) is 0 Å². The normalized spacial score (nSPS) is 18.4. The molecule has 0 aromatic heterocycles. The summed E-state index contributed by atoms with van der Waals surface area (Å²) in [4.78, 5) is 85.4. The van der Waals surface area contributed by atoms with Crippen molar-refractivity contribution in [3.8, 4) is 0 Å². The number of esters is 6. The van der Waals surface area contributed by atoms with Gasteiger partial charge in [-0.2, -0.15) is 8.42 Å². The third-order valence-electron chi connectivity index (χ3n) is 15.8. The first-order valence-corrected chi connectivity index (χ1v) is 33.4. The zero-order valence-electron chi connectivity index (χ0n) is 51.5. The smallest absolute Gasteiger partial charge is 0.361 e. The summed E-state index contributed by atoms with van der Waals surface area (Å²) < 4.78 is 81.1. The van der Waals surface area contributed by atoms with E-state index >= 15 is 8.42 Å². The summed E-state index contributed by atoms with van der Waals surface area (Å²) in [6.45, 7) is 16.3. The van der Waals surface area contributed by atoms with E-state index in [0.717, 1.165) is 161 Å². The number of hydrogen-bond donors (Lipinski definition) is 1. The summed E-state index contributed by atoms with van der Waals surface area (Å²) in [5.74, 6) is -13.1. The van der Waals surface area contributed by atoms with Gasteiger partial charge in [-0.3, -0.25) is 33.3 Å². The second-order valence-electron chi connectivity index (χ2n) is 23.5. The molecule has 462 valence electrons. The summed E-state index contributed by atoms with van der Waals surface area (Å²) in [5, 5.41) is 0. The average Bonchev–Trinajstić information content (AvgIpc) is 3.49. The summed E-state index contributed by atoms with van der Waals surface area (Å²) in [6.07, 6.45) is 24.3. The SMILES string of the molecule is CCCCCCCCC(=O)OC1(C)C(OC(=O)CCCCCCCC)(OC(=O)CCCCCCCC)C(C)(C)CC(OC(=O)CCCCCCCC)(S(=O)(=O)O)C1(OC(=O)CCCCCCCC)OC(=O)CCCCCCCC. The Hall–Kier alpha value is -3.27. The number of carbonyl (C=O) groups excluding carboxylic acids is 6. The topological polar surface area (TPSA) is 212 Å². The van der Waals surface area contributed by atoms with E-state index < -0.39 is 79.9 Å². The van der Waals surface area contributed by atoms with Gasteiger partial charge >= 0.3 is 62.4 Å². The maximum absolute atomic E-state index is 15.0.